The highest BCUT2D eigenvalue weighted by atomic mass is 32.2. The Morgan fingerprint density at radius 1 is 1.32 bits per heavy atom. The molecule has 7 nitrogen and oxygen atoms in total. The van der Waals surface area contributed by atoms with Gasteiger partial charge < -0.3 is 10.4 Å². The highest BCUT2D eigenvalue weighted by Crippen LogP contribution is 2.10. The molecule has 0 aliphatic heterocycles. The van der Waals surface area contributed by atoms with Crippen molar-refractivity contribution in [1.82, 2.24) is 10.0 Å². The second-order valence-corrected chi connectivity index (χ2v) is 6.09. The fraction of sp³-hybridized carbons (Fsp3) is 0.286. The fourth-order valence-electron chi connectivity index (χ4n) is 1.59. The van der Waals surface area contributed by atoms with E-state index in [-0.39, 0.29) is 23.4 Å². The van der Waals surface area contributed by atoms with E-state index in [9.17, 15) is 18.0 Å². The minimum atomic E-state index is -3.72. The van der Waals surface area contributed by atoms with E-state index in [1.165, 1.54) is 24.3 Å². The lowest BCUT2D eigenvalue weighted by molar-refractivity contribution is -0.139. The summed E-state index contributed by atoms with van der Waals surface area (Å²) >= 11 is 0. The molecule has 3 N–H and O–H groups in total. The second kappa shape index (κ2) is 7.59. The first-order valence-electron chi connectivity index (χ1n) is 6.38. The number of carboxylic acid groups (broad SMARTS) is 1. The van der Waals surface area contributed by atoms with Gasteiger partial charge in [0.05, 0.1) is 11.4 Å². The Labute approximate surface area is 128 Å². The summed E-state index contributed by atoms with van der Waals surface area (Å²) in [5.74, 6) is 0.433. The Kier molecular flexibility index (Phi) is 6.10. The molecule has 0 saturated heterocycles. The summed E-state index contributed by atoms with van der Waals surface area (Å²) in [6.45, 7) is 1.49. The molecule has 1 atom stereocenters. The number of rotatable bonds is 7. The molecule has 22 heavy (non-hydrogen) atoms. The number of aliphatic carboxylic acids is 1. The molecule has 0 spiro atoms. The van der Waals surface area contributed by atoms with Crippen LogP contribution in [0.2, 0.25) is 0 Å². The van der Waals surface area contributed by atoms with Gasteiger partial charge in [0.25, 0.3) is 5.91 Å². The third kappa shape index (κ3) is 4.58. The quantitative estimate of drug-likeness (QED) is 0.620. The van der Waals surface area contributed by atoms with Crippen molar-refractivity contribution < 1.29 is 23.1 Å². The maximum atomic E-state index is 11.9. The van der Waals surface area contributed by atoms with Crippen LogP contribution in [0.1, 0.15) is 23.7 Å². The summed E-state index contributed by atoms with van der Waals surface area (Å²) < 4.78 is 25.8. The summed E-state index contributed by atoms with van der Waals surface area (Å²) in [5.41, 5.74) is 0.163. The van der Waals surface area contributed by atoms with Crippen molar-refractivity contribution in [2.45, 2.75) is 24.3 Å². The number of carbonyl (C=O) groups excluding carboxylic acids is 1. The van der Waals surface area contributed by atoms with Crippen LogP contribution in [-0.4, -0.2) is 38.0 Å². The van der Waals surface area contributed by atoms with E-state index < -0.39 is 27.9 Å². The van der Waals surface area contributed by atoms with E-state index in [1.807, 2.05) is 0 Å². The standard InChI is InChI=1S/C14H16N2O5S/c1-3-9-15-22(20,21)11-7-5-10(6-8-11)13(17)16-12(4-2)14(18)19/h1,5-8,12,15H,4,9H2,2H3,(H,16,17)(H,18,19). The second-order valence-electron chi connectivity index (χ2n) is 4.33. The van der Waals surface area contributed by atoms with E-state index in [2.05, 4.69) is 16.0 Å². The van der Waals surface area contributed by atoms with Gasteiger partial charge in [0.2, 0.25) is 10.0 Å². The zero-order valence-electron chi connectivity index (χ0n) is 11.9. The number of benzene rings is 1. The number of terminal acetylenes is 1. The molecule has 0 fully saturated rings. The minimum absolute atomic E-state index is 0.0374. The number of sulfonamides is 1. The van der Waals surface area contributed by atoms with Crippen LogP contribution in [0.3, 0.4) is 0 Å². The number of hydrogen-bond donors (Lipinski definition) is 3. The van der Waals surface area contributed by atoms with Crippen molar-refractivity contribution in [3.05, 3.63) is 29.8 Å². The van der Waals surface area contributed by atoms with Crippen molar-refractivity contribution in [1.29, 1.82) is 0 Å². The molecule has 0 saturated carbocycles. The van der Waals surface area contributed by atoms with Gasteiger partial charge in [-0.2, -0.15) is 4.72 Å². The van der Waals surface area contributed by atoms with Crippen LogP contribution < -0.4 is 10.0 Å². The number of carbonyl (C=O) groups is 2. The third-order valence-corrected chi connectivity index (χ3v) is 4.22. The molecule has 0 heterocycles. The largest absolute Gasteiger partial charge is 0.480 e. The summed E-state index contributed by atoms with van der Waals surface area (Å²) in [4.78, 5) is 22.7. The van der Waals surface area contributed by atoms with Gasteiger partial charge in [-0.3, -0.25) is 4.79 Å². The Morgan fingerprint density at radius 2 is 1.91 bits per heavy atom. The average Bonchev–Trinajstić information content (AvgIpc) is 2.50. The molecule has 1 aromatic rings. The Hall–Kier alpha value is -2.37. The maximum Gasteiger partial charge on any atom is 0.326 e. The molecule has 1 rings (SSSR count). The average molecular weight is 324 g/mol. The van der Waals surface area contributed by atoms with Crippen LogP contribution in [0.15, 0.2) is 29.2 Å². The highest BCUT2D eigenvalue weighted by Gasteiger charge is 2.19. The van der Waals surface area contributed by atoms with Crippen LogP contribution in [0, 0.1) is 12.3 Å². The van der Waals surface area contributed by atoms with Crippen LogP contribution >= 0.6 is 0 Å². The molecular formula is C14H16N2O5S. The van der Waals surface area contributed by atoms with E-state index >= 15 is 0 Å². The summed E-state index contributed by atoms with van der Waals surface area (Å²) in [5, 5.41) is 11.2. The molecule has 1 amide bonds. The van der Waals surface area contributed by atoms with Crippen molar-refractivity contribution >= 4 is 21.9 Å². The minimum Gasteiger partial charge on any atom is -0.480 e. The first kappa shape index (κ1) is 17.7. The van der Waals surface area contributed by atoms with Gasteiger partial charge >= 0.3 is 5.97 Å². The molecule has 0 aromatic heterocycles. The van der Waals surface area contributed by atoms with E-state index in [0.717, 1.165) is 0 Å². The normalized spacial score (nSPS) is 12.2. The molecule has 0 aliphatic carbocycles. The van der Waals surface area contributed by atoms with E-state index in [0.29, 0.717) is 0 Å². The molecular weight excluding hydrogens is 308 g/mol. The van der Waals surface area contributed by atoms with Gasteiger partial charge in [-0.05, 0) is 30.7 Å². The number of hydrogen-bond acceptors (Lipinski definition) is 4. The number of carboxylic acids is 1. The Balaban J connectivity index is 2.87. The van der Waals surface area contributed by atoms with E-state index in [4.69, 9.17) is 11.5 Å². The number of nitrogens with one attached hydrogen (secondary N) is 2. The van der Waals surface area contributed by atoms with E-state index in [1.54, 1.807) is 6.92 Å². The van der Waals surface area contributed by atoms with Gasteiger partial charge in [-0.1, -0.05) is 12.8 Å². The molecule has 0 aliphatic rings. The van der Waals surface area contributed by atoms with Crippen molar-refractivity contribution in [3.63, 3.8) is 0 Å². The number of amides is 1. The van der Waals surface area contributed by atoms with Gasteiger partial charge in [-0.15, -0.1) is 6.42 Å². The Morgan fingerprint density at radius 3 is 2.36 bits per heavy atom. The summed E-state index contributed by atoms with van der Waals surface area (Å²) in [6, 6.07) is 4.10. The van der Waals surface area contributed by atoms with Gasteiger partial charge in [-0.25, -0.2) is 13.2 Å². The molecule has 8 heteroatoms. The fourth-order valence-corrected chi connectivity index (χ4v) is 2.52. The molecule has 118 valence electrons. The van der Waals surface area contributed by atoms with Crippen LogP contribution in [-0.2, 0) is 14.8 Å². The van der Waals surface area contributed by atoms with Crippen molar-refractivity contribution in [2.75, 3.05) is 6.54 Å². The molecule has 0 radical (unpaired) electrons. The Bertz CT molecular complexity index is 689. The van der Waals surface area contributed by atoms with Crippen molar-refractivity contribution in [3.8, 4) is 12.3 Å². The molecule has 0 bridgehead atoms. The maximum absolute atomic E-state index is 11.9. The summed E-state index contributed by atoms with van der Waals surface area (Å²) in [6.07, 6.45) is 5.22. The van der Waals surface area contributed by atoms with Crippen LogP contribution in [0.4, 0.5) is 0 Å². The topological polar surface area (TPSA) is 113 Å². The first-order valence-corrected chi connectivity index (χ1v) is 7.87. The lowest BCUT2D eigenvalue weighted by Gasteiger charge is -2.12. The summed E-state index contributed by atoms with van der Waals surface area (Å²) in [7, 11) is -3.72. The van der Waals surface area contributed by atoms with Gasteiger partial charge in [0.15, 0.2) is 0 Å². The zero-order chi connectivity index (χ0) is 16.8. The SMILES string of the molecule is C#CCNS(=O)(=O)c1ccc(C(=O)NC(CC)C(=O)O)cc1. The molecule has 1 unspecified atom stereocenters. The lowest BCUT2D eigenvalue weighted by Crippen LogP contribution is -2.40. The van der Waals surface area contributed by atoms with Crippen LogP contribution in [0.5, 0.6) is 0 Å². The highest BCUT2D eigenvalue weighted by molar-refractivity contribution is 7.89. The van der Waals surface area contributed by atoms with Gasteiger partial charge in [0, 0.05) is 5.56 Å². The van der Waals surface area contributed by atoms with Crippen LogP contribution in [0.25, 0.3) is 0 Å². The molecule has 1 aromatic carbocycles. The smallest absolute Gasteiger partial charge is 0.326 e. The van der Waals surface area contributed by atoms with Gasteiger partial charge in [0.1, 0.15) is 6.04 Å². The monoisotopic (exact) mass is 324 g/mol. The predicted molar refractivity (Wildman–Crippen MR) is 79.6 cm³/mol. The zero-order valence-corrected chi connectivity index (χ0v) is 12.7. The lowest BCUT2D eigenvalue weighted by atomic mass is 10.1. The van der Waals surface area contributed by atoms with Crippen molar-refractivity contribution in [2.24, 2.45) is 0 Å². The third-order valence-electron chi connectivity index (χ3n) is 2.80. The predicted octanol–water partition coefficient (Wildman–Crippen LogP) is 0.191. The first-order chi connectivity index (χ1) is 10.3.